The van der Waals surface area contributed by atoms with Gasteiger partial charge < -0.3 is 19.9 Å². The molecule has 1 aromatic carbocycles. The standard InChI is InChI=1S/C19H23FN4O2/c20-16-9-14(3-4-18(16)24-5-7-26-8-6-24)19(25)22-17-11-23(12-21)10-15(17)13-1-2-13/h3-4,9,13,15,17H,1-2,5-8,10-11H2,(H,22,25)/t15-,17-/m0/s1. The molecule has 0 aromatic heterocycles. The fraction of sp³-hybridized carbons (Fsp3) is 0.579. The third-order valence-electron chi connectivity index (χ3n) is 5.61. The molecule has 0 radical (unpaired) electrons. The molecule has 1 aliphatic carbocycles. The molecular formula is C19H23FN4O2. The van der Waals surface area contributed by atoms with Crippen molar-refractivity contribution in [3.63, 3.8) is 0 Å². The third-order valence-corrected chi connectivity index (χ3v) is 5.61. The molecular weight excluding hydrogens is 335 g/mol. The first kappa shape index (κ1) is 17.1. The van der Waals surface area contributed by atoms with Crippen molar-refractivity contribution in [1.82, 2.24) is 10.2 Å². The summed E-state index contributed by atoms with van der Waals surface area (Å²) >= 11 is 0. The lowest BCUT2D eigenvalue weighted by atomic mass is 9.98. The molecule has 26 heavy (non-hydrogen) atoms. The number of nitrogens with one attached hydrogen (secondary N) is 1. The van der Waals surface area contributed by atoms with Crippen LogP contribution in [0.15, 0.2) is 18.2 Å². The van der Waals surface area contributed by atoms with E-state index in [-0.39, 0.29) is 17.8 Å². The Morgan fingerprint density at radius 2 is 2.04 bits per heavy atom. The highest BCUT2D eigenvalue weighted by Crippen LogP contribution is 2.41. The van der Waals surface area contributed by atoms with E-state index in [0.717, 1.165) is 0 Å². The number of anilines is 1. The molecule has 2 atom stereocenters. The first-order chi connectivity index (χ1) is 12.7. The van der Waals surface area contributed by atoms with Gasteiger partial charge in [-0.2, -0.15) is 5.26 Å². The van der Waals surface area contributed by atoms with Crippen LogP contribution >= 0.6 is 0 Å². The van der Waals surface area contributed by atoms with Crippen molar-refractivity contribution in [3.8, 4) is 6.19 Å². The van der Waals surface area contributed by atoms with Gasteiger partial charge in [-0.3, -0.25) is 4.79 Å². The van der Waals surface area contributed by atoms with Gasteiger partial charge in [-0.25, -0.2) is 4.39 Å². The summed E-state index contributed by atoms with van der Waals surface area (Å²) in [7, 11) is 0. The van der Waals surface area contributed by atoms with Gasteiger partial charge in [-0.1, -0.05) is 0 Å². The van der Waals surface area contributed by atoms with E-state index in [2.05, 4.69) is 11.5 Å². The lowest BCUT2D eigenvalue weighted by Crippen LogP contribution is -2.41. The van der Waals surface area contributed by atoms with Crippen molar-refractivity contribution in [2.45, 2.75) is 18.9 Å². The molecule has 2 heterocycles. The maximum atomic E-state index is 14.5. The Labute approximate surface area is 152 Å². The Morgan fingerprint density at radius 3 is 2.69 bits per heavy atom. The number of nitrogens with zero attached hydrogens (tertiary/aromatic N) is 3. The molecule has 1 aromatic rings. The minimum Gasteiger partial charge on any atom is -0.378 e. The zero-order chi connectivity index (χ0) is 18.1. The van der Waals surface area contributed by atoms with Crippen LogP contribution in [0.1, 0.15) is 23.2 Å². The molecule has 0 spiro atoms. The van der Waals surface area contributed by atoms with E-state index in [1.54, 1.807) is 17.0 Å². The molecule has 2 aliphatic heterocycles. The van der Waals surface area contributed by atoms with Crippen molar-refractivity contribution in [2.75, 3.05) is 44.3 Å². The Kier molecular flexibility index (Phi) is 4.68. The van der Waals surface area contributed by atoms with Crippen LogP contribution < -0.4 is 10.2 Å². The molecule has 2 saturated heterocycles. The number of nitriles is 1. The van der Waals surface area contributed by atoms with Crippen molar-refractivity contribution in [2.24, 2.45) is 11.8 Å². The number of carbonyl (C=O) groups excluding carboxylic acids is 1. The van der Waals surface area contributed by atoms with E-state index in [1.165, 1.54) is 18.9 Å². The fourth-order valence-corrected chi connectivity index (χ4v) is 4.03. The topological polar surface area (TPSA) is 68.6 Å². The smallest absolute Gasteiger partial charge is 0.251 e. The van der Waals surface area contributed by atoms with Crippen molar-refractivity contribution < 1.29 is 13.9 Å². The molecule has 1 N–H and O–H groups in total. The van der Waals surface area contributed by atoms with Crippen molar-refractivity contribution >= 4 is 11.6 Å². The molecule has 1 saturated carbocycles. The third kappa shape index (κ3) is 3.47. The lowest BCUT2D eigenvalue weighted by molar-refractivity contribution is 0.0928. The van der Waals surface area contributed by atoms with E-state index in [4.69, 9.17) is 10.00 Å². The SMILES string of the molecule is N#CN1C[C@H](NC(=O)c2ccc(N3CCOCC3)c(F)c2)[C@H](C2CC2)C1. The molecule has 7 heteroatoms. The van der Waals surface area contributed by atoms with Gasteiger partial charge in [0.25, 0.3) is 5.91 Å². The zero-order valence-corrected chi connectivity index (χ0v) is 14.7. The second-order valence-corrected chi connectivity index (χ2v) is 7.35. The molecule has 4 rings (SSSR count). The van der Waals surface area contributed by atoms with E-state index in [1.807, 2.05) is 4.90 Å². The molecule has 3 aliphatic rings. The number of morpholine rings is 1. The highest BCUT2D eigenvalue weighted by atomic mass is 19.1. The van der Waals surface area contributed by atoms with Crippen LogP contribution in [0.2, 0.25) is 0 Å². The highest BCUT2D eigenvalue weighted by Gasteiger charge is 2.43. The Balaban J connectivity index is 1.44. The zero-order valence-electron chi connectivity index (χ0n) is 14.7. The minimum absolute atomic E-state index is 0.0448. The monoisotopic (exact) mass is 358 g/mol. The van der Waals surface area contributed by atoms with Gasteiger partial charge in [-0.15, -0.1) is 0 Å². The summed E-state index contributed by atoms with van der Waals surface area (Å²) in [6.07, 6.45) is 4.51. The molecule has 138 valence electrons. The maximum Gasteiger partial charge on any atom is 0.251 e. The van der Waals surface area contributed by atoms with Gasteiger partial charge in [0.05, 0.1) is 24.9 Å². The summed E-state index contributed by atoms with van der Waals surface area (Å²) in [5.41, 5.74) is 0.835. The average Bonchev–Trinajstić information content (AvgIpc) is 3.43. The number of hydrogen-bond acceptors (Lipinski definition) is 5. The van der Waals surface area contributed by atoms with Crippen LogP contribution in [0.25, 0.3) is 0 Å². The van der Waals surface area contributed by atoms with Crippen LogP contribution in [0, 0.1) is 29.1 Å². The predicted molar refractivity (Wildman–Crippen MR) is 94.1 cm³/mol. The molecule has 0 bridgehead atoms. The minimum atomic E-state index is -0.386. The fourth-order valence-electron chi connectivity index (χ4n) is 4.03. The summed E-state index contributed by atoms with van der Waals surface area (Å²) in [6, 6.07) is 4.61. The number of hydrogen-bond donors (Lipinski definition) is 1. The second-order valence-electron chi connectivity index (χ2n) is 7.35. The van der Waals surface area contributed by atoms with E-state index in [0.29, 0.717) is 62.5 Å². The first-order valence-corrected chi connectivity index (χ1v) is 9.23. The lowest BCUT2D eigenvalue weighted by Gasteiger charge is -2.29. The van der Waals surface area contributed by atoms with Gasteiger partial charge in [0.1, 0.15) is 5.82 Å². The molecule has 3 fully saturated rings. The van der Waals surface area contributed by atoms with Crippen LogP contribution in [-0.4, -0.2) is 56.2 Å². The van der Waals surface area contributed by atoms with Gasteiger partial charge in [0, 0.05) is 37.7 Å². The summed E-state index contributed by atoms with van der Waals surface area (Å²) < 4.78 is 19.8. The molecule has 6 nitrogen and oxygen atoms in total. The highest BCUT2D eigenvalue weighted by molar-refractivity contribution is 5.94. The number of halogens is 1. The van der Waals surface area contributed by atoms with Gasteiger partial charge in [0.2, 0.25) is 0 Å². The summed E-state index contributed by atoms with van der Waals surface area (Å²) in [5.74, 6) is 0.256. The number of ether oxygens (including phenoxy) is 1. The van der Waals surface area contributed by atoms with Crippen LogP contribution in [0.3, 0.4) is 0 Å². The quantitative estimate of drug-likeness (QED) is 0.828. The van der Waals surface area contributed by atoms with Gasteiger partial charge in [-0.05, 0) is 37.0 Å². The number of rotatable bonds is 4. The molecule has 0 unspecified atom stereocenters. The Morgan fingerprint density at radius 1 is 1.27 bits per heavy atom. The van der Waals surface area contributed by atoms with Crippen LogP contribution in [-0.2, 0) is 4.74 Å². The van der Waals surface area contributed by atoms with Crippen LogP contribution in [0.5, 0.6) is 0 Å². The number of carbonyl (C=O) groups is 1. The summed E-state index contributed by atoms with van der Waals surface area (Å²) in [6.45, 7) is 3.71. The van der Waals surface area contributed by atoms with Crippen molar-refractivity contribution in [3.05, 3.63) is 29.6 Å². The van der Waals surface area contributed by atoms with E-state index >= 15 is 0 Å². The van der Waals surface area contributed by atoms with Crippen molar-refractivity contribution in [1.29, 1.82) is 5.26 Å². The number of likely N-dealkylation sites (tertiary alicyclic amines) is 1. The molecule has 1 amide bonds. The van der Waals surface area contributed by atoms with E-state index in [9.17, 15) is 9.18 Å². The number of amides is 1. The summed E-state index contributed by atoms with van der Waals surface area (Å²) in [5, 5.41) is 12.2. The normalized spacial score (nSPS) is 25.8. The predicted octanol–water partition coefficient (Wildman–Crippen LogP) is 1.58. The Bertz CT molecular complexity index is 725. The number of benzene rings is 1. The Hall–Kier alpha value is -2.33. The summed E-state index contributed by atoms with van der Waals surface area (Å²) in [4.78, 5) is 16.3. The largest absolute Gasteiger partial charge is 0.378 e. The second kappa shape index (κ2) is 7.12. The maximum absolute atomic E-state index is 14.5. The van der Waals surface area contributed by atoms with Crippen LogP contribution in [0.4, 0.5) is 10.1 Å². The van der Waals surface area contributed by atoms with Gasteiger partial charge >= 0.3 is 0 Å². The average molecular weight is 358 g/mol. The first-order valence-electron chi connectivity index (χ1n) is 9.23. The van der Waals surface area contributed by atoms with Gasteiger partial charge in [0.15, 0.2) is 6.19 Å². The van der Waals surface area contributed by atoms with E-state index < -0.39 is 0 Å².